The Bertz CT molecular complexity index is 743. The molecule has 1 aliphatic rings. The van der Waals surface area contributed by atoms with E-state index in [1.54, 1.807) is 12.1 Å². The van der Waals surface area contributed by atoms with Crippen molar-refractivity contribution >= 4 is 23.3 Å². The lowest BCUT2D eigenvalue weighted by molar-refractivity contribution is -0.123. The van der Waals surface area contributed by atoms with Gasteiger partial charge in [0.05, 0.1) is 0 Å². The van der Waals surface area contributed by atoms with Crippen LogP contribution in [0.15, 0.2) is 36.5 Å². The lowest BCUT2D eigenvalue weighted by atomic mass is 10.1. The molecule has 1 fully saturated rings. The van der Waals surface area contributed by atoms with Crippen molar-refractivity contribution in [1.29, 1.82) is 0 Å². The highest BCUT2D eigenvalue weighted by molar-refractivity contribution is 6.31. The minimum atomic E-state index is -0.169. The minimum absolute atomic E-state index is 0.0274. The second-order valence-corrected chi connectivity index (χ2v) is 6.96. The lowest BCUT2D eigenvalue weighted by Crippen LogP contribution is -2.30. The van der Waals surface area contributed by atoms with Crippen molar-refractivity contribution in [3.63, 3.8) is 0 Å². The number of nitrogens with one attached hydrogen (secondary N) is 1. The largest absolute Gasteiger partial charge is 0.484 e. The van der Waals surface area contributed by atoms with E-state index in [0.717, 1.165) is 30.0 Å². The van der Waals surface area contributed by atoms with Gasteiger partial charge in [-0.15, -0.1) is 0 Å². The molecule has 0 spiro atoms. The van der Waals surface area contributed by atoms with Crippen LogP contribution in [-0.4, -0.2) is 30.6 Å². The molecule has 2 aromatic rings. The first-order chi connectivity index (χ1) is 12.6. The predicted octanol–water partition coefficient (Wildman–Crippen LogP) is 3.73. The molecule has 26 heavy (non-hydrogen) atoms. The SMILES string of the molecule is Cc1cc(OCC(=O)NCc2ccc(N3CCCCC3)nc2)ccc1Cl. The fraction of sp³-hybridized carbons (Fsp3) is 0.400. The van der Waals surface area contributed by atoms with E-state index < -0.39 is 0 Å². The second kappa shape index (κ2) is 8.90. The van der Waals surface area contributed by atoms with Crippen molar-refractivity contribution in [2.45, 2.75) is 32.7 Å². The number of halogens is 1. The van der Waals surface area contributed by atoms with Gasteiger partial charge in [0.2, 0.25) is 0 Å². The Morgan fingerprint density at radius 2 is 2.04 bits per heavy atom. The third kappa shape index (κ3) is 5.11. The van der Waals surface area contributed by atoms with Gasteiger partial charge in [-0.05, 0) is 61.6 Å². The van der Waals surface area contributed by atoms with Crippen LogP contribution >= 0.6 is 11.6 Å². The highest BCUT2D eigenvalue weighted by Gasteiger charge is 2.12. The molecule has 2 heterocycles. The number of piperidine rings is 1. The molecule has 0 atom stereocenters. The van der Waals surface area contributed by atoms with Crippen LogP contribution in [0.5, 0.6) is 5.75 Å². The summed E-state index contributed by atoms with van der Waals surface area (Å²) in [4.78, 5) is 18.8. The number of amides is 1. The summed E-state index contributed by atoms with van der Waals surface area (Å²) in [6, 6.07) is 9.38. The second-order valence-electron chi connectivity index (χ2n) is 6.55. The highest BCUT2D eigenvalue weighted by Crippen LogP contribution is 2.21. The Balaban J connectivity index is 1.44. The predicted molar refractivity (Wildman–Crippen MR) is 104 cm³/mol. The minimum Gasteiger partial charge on any atom is -0.484 e. The third-order valence-electron chi connectivity index (χ3n) is 4.48. The number of aromatic nitrogens is 1. The maximum Gasteiger partial charge on any atom is 0.258 e. The molecule has 0 unspecified atom stereocenters. The molecule has 0 saturated carbocycles. The first-order valence-electron chi connectivity index (χ1n) is 8.97. The number of carbonyl (C=O) groups is 1. The normalized spacial score (nSPS) is 14.2. The number of rotatable bonds is 6. The highest BCUT2D eigenvalue weighted by atomic mass is 35.5. The molecule has 5 nitrogen and oxygen atoms in total. The van der Waals surface area contributed by atoms with E-state index in [2.05, 4.69) is 15.2 Å². The topological polar surface area (TPSA) is 54.5 Å². The molecule has 1 aromatic carbocycles. The van der Waals surface area contributed by atoms with Crippen LogP contribution in [0.3, 0.4) is 0 Å². The monoisotopic (exact) mass is 373 g/mol. The van der Waals surface area contributed by atoms with Gasteiger partial charge in [-0.3, -0.25) is 4.79 Å². The van der Waals surface area contributed by atoms with E-state index in [4.69, 9.17) is 16.3 Å². The zero-order chi connectivity index (χ0) is 18.4. The first kappa shape index (κ1) is 18.5. The molecule has 1 aromatic heterocycles. The Kier molecular flexibility index (Phi) is 6.34. The summed E-state index contributed by atoms with van der Waals surface area (Å²) in [5.74, 6) is 1.48. The number of ether oxygens (including phenoxy) is 1. The van der Waals surface area contributed by atoms with Gasteiger partial charge >= 0.3 is 0 Å². The molecule has 3 rings (SSSR count). The van der Waals surface area contributed by atoms with E-state index in [1.807, 2.05) is 31.3 Å². The van der Waals surface area contributed by atoms with Crippen LogP contribution < -0.4 is 15.0 Å². The smallest absolute Gasteiger partial charge is 0.258 e. The quantitative estimate of drug-likeness (QED) is 0.838. The summed E-state index contributed by atoms with van der Waals surface area (Å²) in [5, 5.41) is 3.53. The number of benzene rings is 1. The van der Waals surface area contributed by atoms with Crippen LogP contribution in [0.1, 0.15) is 30.4 Å². The van der Waals surface area contributed by atoms with E-state index in [1.165, 1.54) is 19.3 Å². The van der Waals surface area contributed by atoms with Gasteiger partial charge in [0.15, 0.2) is 6.61 Å². The number of hydrogen-bond donors (Lipinski definition) is 1. The number of aryl methyl sites for hydroxylation is 1. The van der Waals surface area contributed by atoms with Crippen LogP contribution in [-0.2, 0) is 11.3 Å². The lowest BCUT2D eigenvalue weighted by Gasteiger charge is -2.27. The Labute approximate surface area is 159 Å². The van der Waals surface area contributed by atoms with Gasteiger partial charge in [-0.25, -0.2) is 4.98 Å². The fourth-order valence-electron chi connectivity index (χ4n) is 2.94. The maximum absolute atomic E-state index is 12.0. The first-order valence-corrected chi connectivity index (χ1v) is 9.35. The standard InChI is InChI=1S/C20H24ClN3O2/c1-15-11-17(6-7-18(15)21)26-14-20(25)23-13-16-5-8-19(22-12-16)24-9-3-2-4-10-24/h5-8,11-12H,2-4,9-10,13-14H2,1H3,(H,23,25). The Hall–Kier alpha value is -2.27. The molecule has 1 saturated heterocycles. The summed E-state index contributed by atoms with van der Waals surface area (Å²) in [5.41, 5.74) is 1.89. The van der Waals surface area contributed by atoms with Gasteiger partial charge < -0.3 is 15.0 Å². The van der Waals surface area contributed by atoms with Gasteiger partial charge in [0.1, 0.15) is 11.6 Å². The molecule has 1 aliphatic heterocycles. The van der Waals surface area contributed by atoms with Crippen molar-refractivity contribution < 1.29 is 9.53 Å². The molecule has 0 bridgehead atoms. The molecule has 0 radical (unpaired) electrons. The van der Waals surface area contributed by atoms with Crippen molar-refractivity contribution in [2.75, 3.05) is 24.6 Å². The number of anilines is 1. The van der Waals surface area contributed by atoms with Crippen molar-refractivity contribution in [3.8, 4) is 5.75 Å². The summed E-state index contributed by atoms with van der Waals surface area (Å²) in [6.45, 7) is 4.46. The number of hydrogen-bond acceptors (Lipinski definition) is 4. The van der Waals surface area contributed by atoms with Crippen molar-refractivity contribution in [1.82, 2.24) is 10.3 Å². The van der Waals surface area contributed by atoms with E-state index in [0.29, 0.717) is 17.3 Å². The number of carbonyl (C=O) groups excluding carboxylic acids is 1. The fourth-order valence-corrected chi connectivity index (χ4v) is 3.06. The van der Waals surface area contributed by atoms with Crippen molar-refractivity contribution in [3.05, 3.63) is 52.7 Å². The van der Waals surface area contributed by atoms with Gasteiger partial charge in [0, 0.05) is 30.9 Å². The Morgan fingerprint density at radius 1 is 1.23 bits per heavy atom. The average molecular weight is 374 g/mol. The zero-order valence-corrected chi connectivity index (χ0v) is 15.8. The molecule has 1 amide bonds. The third-order valence-corrected chi connectivity index (χ3v) is 4.90. The average Bonchev–Trinajstić information content (AvgIpc) is 2.68. The van der Waals surface area contributed by atoms with E-state index >= 15 is 0 Å². The van der Waals surface area contributed by atoms with E-state index in [9.17, 15) is 4.79 Å². The van der Waals surface area contributed by atoms with Crippen LogP contribution in [0.2, 0.25) is 5.02 Å². The number of nitrogens with zero attached hydrogens (tertiary/aromatic N) is 2. The summed E-state index contributed by atoms with van der Waals surface area (Å²) >= 11 is 5.98. The van der Waals surface area contributed by atoms with Gasteiger partial charge in [0.25, 0.3) is 5.91 Å². The van der Waals surface area contributed by atoms with Crippen molar-refractivity contribution in [2.24, 2.45) is 0 Å². The molecule has 138 valence electrons. The van der Waals surface area contributed by atoms with Gasteiger partial charge in [-0.2, -0.15) is 0 Å². The van der Waals surface area contributed by atoms with E-state index in [-0.39, 0.29) is 12.5 Å². The molecule has 1 N–H and O–H groups in total. The molecular formula is C20H24ClN3O2. The Morgan fingerprint density at radius 3 is 2.73 bits per heavy atom. The molecule has 0 aliphatic carbocycles. The summed E-state index contributed by atoms with van der Waals surface area (Å²) in [6.07, 6.45) is 5.59. The zero-order valence-electron chi connectivity index (χ0n) is 15.0. The molecule has 6 heteroatoms. The van der Waals surface area contributed by atoms with Crippen LogP contribution in [0.4, 0.5) is 5.82 Å². The van der Waals surface area contributed by atoms with Gasteiger partial charge in [-0.1, -0.05) is 17.7 Å². The summed E-state index contributed by atoms with van der Waals surface area (Å²) in [7, 11) is 0. The molecular weight excluding hydrogens is 350 g/mol. The van der Waals surface area contributed by atoms with Crippen LogP contribution in [0, 0.1) is 6.92 Å². The maximum atomic E-state index is 12.0. The number of pyridine rings is 1. The van der Waals surface area contributed by atoms with Crippen LogP contribution in [0.25, 0.3) is 0 Å². The summed E-state index contributed by atoms with van der Waals surface area (Å²) < 4.78 is 5.50.